The van der Waals surface area contributed by atoms with Gasteiger partial charge in [-0.2, -0.15) is 0 Å². The van der Waals surface area contributed by atoms with Gasteiger partial charge in [0.05, 0.1) is 63.9 Å². The maximum absolute atomic E-state index is 14.7. The molecule has 43 heteroatoms. The number of halogens is 7. The SMILES string of the molecule is C=C[C@H]1C[C@]1(NC(=O)C1CC(Oc2cc(-c3csc(NC(C)=O)n3)nc3cc(OC)ccc23)CN1C(=O)[C@@H](NC(=O)N[C@H](C)C(C)(C)C)C(C)(C)C)C(=O)OC.C=C[C@H]1C[C@]1(NC(=O)C1CC(Oc2cc(-c3csc(NC(C)=O)n3)nc3cc(OC)ccc23)CN1C(=O)[C@@H](NC(=O)OC(C)(C)C)C(C)(C)C)C(=O)OC.CC(C)C(C)(C)C.NCl.O=C(OC(Cl)(Cl)Cl)OC(Cl)(Cl)Cl. The molecule has 722 valence electrons. The number of pyridine rings is 2. The summed E-state index contributed by atoms with van der Waals surface area (Å²) in [4.78, 5) is 165. The molecule has 4 unspecified atom stereocenters. The fourth-order valence-electron chi connectivity index (χ4n) is 13.2. The predicted molar refractivity (Wildman–Crippen MR) is 508 cm³/mol. The van der Waals surface area contributed by atoms with Crippen molar-refractivity contribution in [3.05, 3.63) is 84.6 Å². The van der Waals surface area contributed by atoms with Crippen LogP contribution in [0.15, 0.2) is 84.6 Å². The van der Waals surface area contributed by atoms with Gasteiger partial charge >= 0.3 is 38.2 Å². The summed E-state index contributed by atoms with van der Waals surface area (Å²) in [5.41, 5.74) is -1.74. The molecule has 0 radical (unpaired) electrons. The van der Waals surface area contributed by atoms with Crippen molar-refractivity contribution in [2.75, 3.05) is 52.2 Å². The zero-order chi connectivity index (χ0) is 99.1. The van der Waals surface area contributed by atoms with Crippen LogP contribution < -0.4 is 61.4 Å². The number of amides is 9. The number of nitrogens with two attached hydrogens (primary N) is 1. The summed E-state index contributed by atoms with van der Waals surface area (Å²) in [5, 5.41) is 29.3. The van der Waals surface area contributed by atoms with Gasteiger partial charge in [-0.25, -0.2) is 49.2 Å². The van der Waals surface area contributed by atoms with Crippen molar-refractivity contribution in [1.29, 1.82) is 0 Å². The number of alkyl halides is 6. The van der Waals surface area contributed by atoms with Gasteiger partial charge in [0.2, 0.25) is 35.4 Å². The van der Waals surface area contributed by atoms with Crippen LogP contribution in [0, 0.1) is 39.4 Å². The van der Waals surface area contributed by atoms with Crippen LogP contribution >= 0.6 is 104 Å². The number of nitrogens with zero attached hydrogens (tertiary/aromatic N) is 6. The van der Waals surface area contributed by atoms with Gasteiger partial charge < -0.3 is 89.6 Å². The van der Waals surface area contributed by atoms with E-state index in [1.165, 1.54) is 60.5 Å². The Bertz CT molecular complexity index is 5120. The number of alkyl carbamates (subject to hydrolysis) is 1. The Morgan fingerprint density at radius 1 is 0.511 bits per heavy atom. The maximum Gasteiger partial charge on any atom is 0.515 e. The van der Waals surface area contributed by atoms with Gasteiger partial charge in [-0.3, -0.25) is 28.8 Å². The molecule has 4 fully saturated rings. The fraction of sp³-hybridized carbons (Fsp3) is 0.557. The summed E-state index contributed by atoms with van der Waals surface area (Å²) in [6.07, 6.45) is 0.292. The number of aromatic nitrogens is 4. The Balaban J connectivity index is 0.000000331. The van der Waals surface area contributed by atoms with Crippen molar-refractivity contribution < 1.29 is 95.4 Å². The topological polar surface area (TPSA) is 439 Å². The molecule has 9 amide bonds. The first-order valence-corrected chi connectivity index (χ1v) is 45.8. The van der Waals surface area contributed by atoms with E-state index in [4.69, 9.17) is 113 Å². The molecule has 4 aromatic heterocycles. The lowest BCUT2D eigenvalue weighted by Gasteiger charge is -2.36. The number of nitrogens with one attached hydrogen (secondary N) is 7. The molecule has 131 heavy (non-hydrogen) atoms. The first-order chi connectivity index (χ1) is 60.5. The van der Waals surface area contributed by atoms with Crippen molar-refractivity contribution in [2.45, 2.75) is 231 Å². The Kier molecular flexibility index (Phi) is 38.1. The summed E-state index contributed by atoms with van der Waals surface area (Å²) in [5.74, 6) is -1.82. The van der Waals surface area contributed by atoms with Gasteiger partial charge in [-0.05, 0) is 174 Å². The Morgan fingerprint density at radius 3 is 1.18 bits per heavy atom. The quantitative estimate of drug-likeness (QED) is 0.00971. The summed E-state index contributed by atoms with van der Waals surface area (Å²) in [6.45, 7) is 45.6. The third-order valence-corrected chi connectivity index (χ3v) is 23.6. The van der Waals surface area contributed by atoms with Crippen LogP contribution in [0.1, 0.15) is 164 Å². The van der Waals surface area contributed by atoms with Crippen molar-refractivity contribution >= 4 is 202 Å². The van der Waals surface area contributed by atoms with Gasteiger partial charge in [-0.1, -0.05) is 109 Å². The van der Waals surface area contributed by atoms with Crippen LogP contribution in [0.25, 0.3) is 44.6 Å². The van der Waals surface area contributed by atoms with E-state index in [1.807, 2.05) is 54.5 Å². The average molecular weight is 2010 g/mol. The largest absolute Gasteiger partial charge is 0.515 e. The minimum Gasteiger partial charge on any atom is -0.497 e. The molecule has 11 atom stereocenters. The van der Waals surface area contributed by atoms with Crippen LogP contribution in [0.2, 0.25) is 0 Å². The second kappa shape index (κ2) is 45.2. The highest BCUT2D eigenvalue weighted by atomic mass is 35.6. The van der Waals surface area contributed by atoms with Crippen LogP contribution in [-0.2, 0) is 62.0 Å². The number of fused-ring (bicyclic) bond motifs is 2. The van der Waals surface area contributed by atoms with E-state index in [2.05, 4.69) is 121 Å². The predicted octanol–water partition coefficient (Wildman–Crippen LogP) is 16.5. The lowest BCUT2D eigenvalue weighted by atomic mass is 9.84. The Hall–Kier alpha value is -9.24. The van der Waals surface area contributed by atoms with E-state index >= 15 is 0 Å². The molecule has 34 nitrogen and oxygen atoms in total. The highest BCUT2D eigenvalue weighted by molar-refractivity contribution is 7.14. The highest BCUT2D eigenvalue weighted by Gasteiger charge is 2.64. The number of urea groups is 1. The molecule has 9 N–H and O–H groups in total. The molecule has 10 rings (SSSR count). The molecule has 2 aliphatic carbocycles. The number of anilines is 2. The van der Waals surface area contributed by atoms with Crippen molar-refractivity contribution in [1.82, 2.24) is 56.3 Å². The van der Waals surface area contributed by atoms with Crippen molar-refractivity contribution in [2.24, 2.45) is 44.7 Å². The van der Waals surface area contributed by atoms with E-state index in [0.717, 1.165) is 5.92 Å². The van der Waals surface area contributed by atoms with E-state index < -0.39 is 126 Å². The average Bonchev–Trinajstić information content (AvgIpc) is 1.58. The van der Waals surface area contributed by atoms with Crippen LogP contribution in [-0.4, -0.2) is 204 Å². The molecule has 2 saturated carbocycles. The normalized spacial score (nSPS) is 20.0. The minimum atomic E-state index is -2.24. The minimum absolute atomic E-state index is 0.0139. The number of methoxy groups -OCH3 is 4. The number of hydrogen-bond acceptors (Lipinski definition) is 27. The molecular weight excluding hydrogens is 1890 g/mol. The second-order valence-corrected chi connectivity index (χ2v) is 43.1. The van der Waals surface area contributed by atoms with Crippen LogP contribution in [0.5, 0.6) is 23.0 Å². The van der Waals surface area contributed by atoms with Crippen LogP contribution in [0.3, 0.4) is 0 Å². The van der Waals surface area contributed by atoms with E-state index in [0.29, 0.717) is 96.1 Å². The Morgan fingerprint density at radius 2 is 0.878 bits per heavy atom. The molecule has 2 aliphatic heterocycles. The van der Waals surface area contributed by atoms with Gasteiger partial charge in [0.1, 0.15) is 87.4 Å². The number of rotatable bonds is 23. The lowest BCUT2D eigenvalue weighted by Crippen LogP contribution is -2.61. The molecule has 0 spiro atoms. The van der Waals surface area contributed by atoms with Gasteiger partial charge in [0, 0.05) is 90.4 Å². The molecule has 0 bridgehead atoms. The highest BCUT2D eigenvalue weighted by Crippen LogP contribution is 2.48. The summed E-state index contributed by atoms with van der Waals surface area (Å²) >= 11 is 36.8. The smallest absolute Gasteiger partial charge is 0.497 e. The van der Waals surface area contributed by atoms with Gasteiger partial charge in [0.15, 0.2) is 10.3 Å². The zero-order valence-electron chi connectivity index (χ0n) is 77.7. The van der Waals surface area contributed by atoms with Crippen LogP contribution in [0.4, 0.5) is 24.6 Å². The maximum atomic E-state index is 14.7. The summed E-state index contributed by atoms with van der Waals surface area (Å²) in [7, 11) is 5.60. The number of esters is 2. The first kappa shape index (κ1) is 111. The molecule has 2 aromatic carbocycles. The van der Waals surface area contributed by atoms with Crippen molar-refractivity contribution in [3.63, 3.8) is 0 Å². The molecule has 4 aliphatic rings. The second-order valence-electron chi connectivity index (χ2n) is 37.0. The number of benzene rings is 2. The number of hydrogen-bond donors (Lipinski definition) is 8. The van der Waals surface area contributed by atoms with E-state index in [1.54, 1.807) is 121 Å². The molecule has 2 saturated heterocycles. The third-order valence-electron chi connectivity index (χ3n) is 21.7. The molecule has 6 aromatic rings. The lowest BCUT2D eigenvalue weighted by molar-refractivity contribution is -0.149. The third kappa shape index (κ3) is 31.2. The Labute approximate surface area is 806 Å². The number of carbonyl (C=O) groups excluding carboxylic acids is 11. The monoisotopic (exact) mass is 2000 g/mol. The van der Waals surface area contributed by atoms with Crippen molar-refractivity contribution in [3.8, 4) is 45.8 Å². The number of ether oxygens (including phenoxy) is 9. The molecular formula is C88H119Cl7N14O20S2. The first-order valence-electron chi connectivity index (χ1n) is 41.3. The standard InChI is InChI=1S/C40H53N7O8S.C38H48N6O9S.C7H16.C3Cl6O3.ClH2N/c1-12-23-18-40(23,35(51)54-11)46-33(49)30-16-25(19-47(30)34(50)32(39(7,8)9)45-36(52)41-21(2)38(4,5)6)55-31-17-28(29-20-56-37(44-29)42-22(3)48)43-27-15-24(53-10)13-14-26(27)31;1-11-21-17-38(21,33(48)51-10)43-31(46)28-15-23(18-44(28)32(47)30(36(3,4)5)42-35(49)53-37(6,7)8)52-29-16-26(27-19-54-34(41-27)39-20(2)45)40-25-14-22(50-9)12-13-24(25)29;1-6(2)7(3,4)5;4-2(5,6)11-1(10)12-3(7,8)9;1-2/h12-15,17,20-21,23,25,30,32H,1,16,18-19H2,2-11H3,(H,46,49)(H2,41,45,52)(H,42,44,48);11-14,16,19,21,23,28,30H,1,15,17-18H2,2-10H3,(H,42,49)(H,43,46)(H,39,41,45);6H,1-5H3;;2H2/t21-,23+,25?,30?,32-,40-;21-,23?,28?,30+,38+;;;/m10.../s1. The molecule has 6 heterocycles. The fourth-order valence-corrected chi connectivity index (χ4v) is 15.1. The van der Waals surface area contributed by atoms with Gasteiger partial charge in [0.25, 0.3) is 0 Å². The van der Waals surface area contributed by atoms with E-state index in [-0.39, 0.29) is 61.0 Å². The van der Waals surface area contributed by atoms with Gasteiger partial charge in [-0.15, -0.1) is 35.8 Å². The number of likely N-dealkylation sites (tertiary alicyclic amines) is 2. The number of thiazole rings is 2. The number of carbonyl (C=O) groups is 11. The van der Waals surface area contributed by atoms with E-state index in [9.17, 15) is 52.7 Å². The zero-order valence-corrected chi connectivity index (χ0v) is 84.7. The summed E-state index contributed by atoms with van der Waals surface area (Å²) in [6, 6.07) is 9.08. The summed E-state index contributed by atoms with van der Waals surface area (Å²) < 4.78 is 43.3.